The summed E-state index contributed by atoms with van der Waals surface area (Å²) in [5.74, 6) is -0.432. The fourth-order valence-corrected chi connectivity index (χ4v) is 2.82. The fraction of sp³-hybridized carbons (Fsp3) is 0.0952. The molecule has 0 radical (unpaired) electrons. The Bertz CT molecular complexity index is 1040. The van der Waals surface area contributed by atoms with Crippen molar-refractivity contribution in [2.45, 2.75) is 13.8 Å². The summed E-state index contributed by atoms with van der Waals surface area (Å²) in [6.45, 7) is 3.67. The predicted molar refractivity (Wildman–Crippen MR) is 112 cm³/mol. The molecule has 0 bridgehead atoms. The van der Waals surface area contributed by atoms with Gasteiger partial charge in [-0.3, -0.25) is 9.59 Å². The van der Waals surface area contributed by atoms with E-state index in [1.165, 1.54) is 0 Å². The van der Waals surface area contributed by atoms with Crippen LogP contribution < -0.4 is 10.7 Å². The summed E-state index contributed by atoms with van der Waals surface area (Å²) in [5.41, 5.74) is 6.11. The molecule has 7 heteroatoms. The van der Waals surface area contributed by atoms with Crippen LogP contribution in [0.25, 0.3) is 0 Å². The monoisotopic (exact) mass is 439 g/mol. The van der Waals surface area contributed by atoms with Crippen molar-refractivity contribution in [2.24, 2.45) is 5.10 Å². The van der Waals surface area contributed by atoms with E-state index in [2.05, 4.69) is 31.8 Å². The lowest BCUT2D eigenvalue weighted by atomic mass is 10.1. The van der Waals surface area contributed by atoms with Crippen molar-refractivity contribution in [3.8, 4) is 0 Å². The van der Waals surface area contributed by atoms with E-state index in [-0.39, 0.29) is 11.7 Å². The highest BCUT2D eigenvalue weighted by Gasteiger charge is 2.10. The molecule has 6 nitrogen and oxygen atoms in total. The number of hydrogen-bond acceptors (Lipinski definition) is 4. The number of amides is 2. The molecular weight excluding hydrogens is 422 g/mol. The Kier molecular flexibility index (Phi) is 6.06. The number of anilines is 1. The lowest BCUT2D eigenvalue weighted by Gasteiger charge is -2.08. The second-order valence-corrected chi connectivity index (χ2v) is 6.87. The van der Waals surface area contributed by atoms with E-state index in [1.54, 1.807) is 37.3 Å². The molecule has 0 aliphatic rings. The van der Waals surface area contributed by atoms with Crippen molar-refractivity contribution in [3.05, 3.63) is 87.8 Å². The topological polar surface area (TPSA) is 83.7 Å². The largest absolute Gasteiger partial charge is 0.444 e. The molecule has 2 N–H and O–H groups in total. The molecule has 0 aliphatic carbocycles. The lowest BCUT2D eigenvalue weighted by Crippen LogP contribution is -2.18. The van der Waals surface area contributed by atoms with E-state index < -0.39 is 5.91 Å². The van der Waals surface area contributed by atoms with Crippen LogP contribution in [0.15, 0.2) is 74.9 Å². The Balaban J connectivity index is 1.64. The first-order chi connectivity index (χ1) is 13.4. The Labute approximate surface area is 170 Å². The molecule has 3 aromatic rings. The molecule has 0 fully saturated rings. The highest BCUT2D eigenvalue weighted by molar-refractivity contribution is 9.10. The number of hydrogen-bond donors (Lipinski definition) is 2. The number of carbonyl (C=O) groups is 2. The maximum Gasteiger partial charge on any atom is 0.307 e. The molecule has 142 valence electrons. The highest BCUT2D eigenvalue weighted by Crippen LogP contribution is 2.15. The van der Waals surface area contributed by atoms with E-state index in [4.69, 9.17) is 4.42 Å². The second kappa shape index (κ2) is 8.67. The number of hydrazone groups is 1. The molecule has 0 saturated heterocycles. The fourth-order valence-electron chi connectivity index (χ4n) is 2.51. The first-order valence-corrected chi connectivity index (χ1v) is 9.31. The van der Waals surface area contributed by atoms with Gasteiger partial charge >= 0.3 is 5.91 Å². The summed E-state index contributed by atoms with van der Waals surface area (Å²) in [4.78, 5) is 24.3. The van der Waals surface area contributed by atoms with E-state index in [9.17, 15) is 9.59 Å². The molecule has 0 saturated carbocycles. The molecule has 0 spiro atoms. The molecule has 2 aromatic carbocycles. The molecular formula is C21H18BrN3O3. The second-order valence-electron chi connectivity index (χ2n) is 6.09. The van der Waals surface area contributed by atoms with Crippen molar-refractivity contribution >= 4 is 39.1 Å². The van der Waals surface area contributed by atoms with Crippen molar-refractivity contribution in [1.29, 1.82) is 0 Å². The van der Waals surface area contributed by atoms with E-state index in [0.29, 0.717) is 21.6 Å². The summed E-state index contributed by atoms with van der Waals surface area (Å²) >= 11 is 3.15. The minimum atomic E-state index is -0.438. The molecule has 3 rings (SSSR count). The zero-order chi connectivity index (χ0) is 20.1. The lowest BCUT2D eigenvalue weighted by molar-refractivity contribution is 0.0925. The van der Waals surface area contributed by atoms with Gasteiger partial charge in [-0.1, -0.05) is 30.3 Å². The van der Waals surface area contributed by atoms with Gasteiger partial charge in [-0.2, -0.15) is 5.10 Å². The SMILES string of the molecule is C/C(=N\NC(=O)c1ccc(Br)o1)c1ccc(NC(=O)c2ccccc2C)cc1. The van der Waals surface area contributed by atoms with Gasteiger partial charge in [0, 0.05) is 11.3 Å². The number of rotatable bonds is 5. The molecule has 28 heavy (non-hydrogen) atoms. The maximum atomic E-state index is 12.4. The average molecular weight is 440 g/mol. The van der Waals surface area contributed by atoms with Crippen LogP contribution >= 0.6 is 15.9 Å². The van der Waals surface area contributed by atoms with Crippen LogP contribution in [0.4, 0.5) is 5.69 Å². The minimum Gasteiger partial charge on any atom is -0.444 e. The first kappa shape index (κ1) is 19.6. The van der Waals surface area contributed by atoms with Crippen molar-refractivity contribution in [2.75, 3.05) is 5.32 Å². The Morgan fingerprint density at radius 2 is 1.68 bits per heavy atom. The quantitative estimate of drug-likeness (QED) is 0.444. The predicted octanol–water partition coefficient (Wildman–Crippen LogP) is 4.76. The normalized spacial score (nSPS) is 11.2. The van der Waals surface area contributed by atoms with Gasteiger partial charge < -0.3 is 9.73 Å². The van der Waals surface area contributed by atoms with Crippen LogP contribution in [0.3, 0.4) is 0 Å². The molecule has 0 atom stereocenters. The van der Waals surface area contributed by atoms with Gasteiger partial charge in [0.1, 0.15) is 0 Å². The zero-order valence-electron chi connectivity index (χ0n) is 15.3. The number of halogens is 1. The summed E-state index contributed by atoms with van der Waals surface area (Å²) in [6.07, 6.45) is 0. The van der Waals surface area contributed by atoms with E-state index in [1.807, 2.05) is 37.3 Å². The molecule has 1 heterocycles. The third-order valence-electron chi connectivity index (χ3n) is 4.07. The third-order valence-corrected chi connectivity index (χ3v) is 4.50. The molecule has 2 amide bonds. The third kappa shape index (κ3) is 4.75. The van der Waals surface area contributed by atoms with Crippen LogP contribution in [0.1, 0.15) is 39.0 Å². The van der Waals surface area contributed by atoms with Gasteiger partial charge in [0.15, 0.2) is 10.4 Å². The number of carbonyl (C=O) groups excluding carboxylic acids is 2. The van der Waals surface area contributed by atoms with Crippen molar-refractivity contribution in [1.82, 2.24) is 5.43 Å². The smallest absolute Gasteiger partial charge is 0.307 e. The number of benzene rings is 2. The van der Waals surface area contributed by atoms with Gasteiger partial charge in [-0.05, 0) is 71.2 Å². The Hall–Kier alpha value is -3.19. The van der Waals surface area contributed by atoms with Gasteiger partial charge in [0.2, 0.25) is 0 Å². The summed E-state index contributed by atoms with van der Waals surface area (Å²) in [7, 11) is 0. The van der Waals surface area contributed by atoms with Gasteiger partial charge in [0.25, 0.3) is 5.91 Å². The number of nitrogens with zero attached hydrogens (tertiary/aromatic N) is 1. The number of nitrogens with one attached hydrogen (secondary N) is 2. The van der Waals surface area contributed by atoms with Crippen LogP contribution in [-0.2, 0) is 0 Å². The maximum absolute atomic E-state index is 12.4. The highest BCUT2D eigenvalue weighted by atomic mass is 79.9. The molecule has 1 aromatic heterocycles. The molecule has 0 unspecified atom stereocenters. The van der Waals surface area contributed by atoms with Crippen LogP contribution in [-0.4, -0.2) is 17.5 Å². The van der Waals surface area contributed by atoms with Crippen molar-refractivity contribution < 1.29 is 14.0 Å². The van der Waals surface area contributed by atoms with Crippen LogP contribution in [0, 0.1) is 6.92 Å². The standard InChI is InChI=1S/C21H18BrN3O3/c1-13-5-3-4-6-17(13)20(26)23-16-9-7-15(8-10-16)14(2)24-25-21(27)18-11-12-19(22)28-18/h3-12H,1-2H3,(H,23,26)(H,25,27)/b24-14+. The van der Waals surface area contributed by atoms with Crippen LogP contribution in [0.5, 0.6) is 0 Å². The van der Waals surface area contributed by atoms with Crippen molar-refractivity contribution in [3.63, 3.8) is 0 Å². The molecule has 0 aliphatic heterocycles. The number of furan rings is 1. The van der Waals surface area contributed by atoms with Gasteiger partial charge in [-0.25, -0.2) is 5.43 Å². The van der Waals surface area contributed by atoms with E-state index >= 15 is 0 Å². The summed E-state index contributed by atoms with van der Waals surface area (Å²) < 4.78 is 5.65. The summed E-state index contributed by atoms with van der Waals surface area (Å²) in [6, 6.07) is 17.8. The Morgan fingerprint density at radius 3 is 2.32 bits per heavy atom. The Morgan fingerprint density at radius 1 is 0.964 bits per heavy atom. The van der Waals surface area contributed by atoms with Gasteiger partial charge in [0.05, 0.1) is 5.71 Å². The number of aryl methyl sites for hydroxylation is 1. The summed E-state index contributed by atoms with van der Waals surface area (Å²) in [5, 5.41) is 6.96. The first-order valence-electron chi connectivity index (χ1n) is 8.51. The average Bonchev–Trinajstić information content (AvgIpc) is 3.13. The zero-order valence-corrected chi connectivity index (χ0v) is 16.9. The van der Waals surface area contributed by atoms with E-state index in [0.717, 1.165) is 11.1 Å². The van der Waals surface area contributed by atoms with Crippen LogP contribution in [0.2, 0.25) is 0 Å². The minimum absolute atomic E-state index is 0.159. The van der Waals surface area contributed by atoms with Gasteiger partial charge in [-0.15, -0.1) is 0 Å².